The average Bonchev–Trinajstić information content (AvgIpc) is 2.49. The van der Waals surface area contributed by atoms with Crippen LogP contribution in [0.15, 0.2) is 36.4 Å². The standard InChI is InChI=1S/C17H24O3/c1-3-5-11-18-16-9-7-15(8-10-16)17-19-12-14(6-4-2)13-20-17/h4,6-10,14,17H,3,5,11-13H2,1-2H3. The van der Waals surface area contributed by atoms with Crippen molar-refractivity contribution >= 4 is 0 Å². The van der Waals surface area contributed by atoms with Crippen LogP contribution < -0.4 is 4.74 Å². The van der Waals surface area contributed by atoms with Gasteiger partial charge in [0.25, 0.3) is 0 Å². The Hall–Kier alpha value is -1.32. The fourth-order valence-corrected chi connectivity index (χ4v) is 2.15. The Morgan fingerprint density at radius 3 is 2.50 bits per heavy atom. The molecule has 0 radical (unpaired) electrons. The van der Waals surface area contributed by atoms with E-state index in [4.69, 9.17) is 14.2 Å². The quantitative estimate of drug-likeness (QED) is 0.578. The molecular weight excluding hydrogens is 252 g/mol. The Morgan fingerprint density at radius 1 is 1.20 bits per heavy atom. The van der Waals surface area contributed by atoms with Crippen molar-refractivity contribution in [3.63, 3.8) is 0 Å². The van der Waals surface area contributed by atoms with E-state index in [2.05, 4.69) is 13.0 Å². The summed E-state index contributed by atoms with van der Waals surface area (Å²) in [6.07, 6.45) is 6.15. The second-order valence-electron chi connectivity index (χ2n) is 5.06. The Kier molecular flexibility index (Phi) is 6.09. The van der Waals surface area contributed by atoms with E-state index in [-0.39, 0.29) is 6.29 Å². The summed E-state index contributed by atoms with van der Waals surface area (Å²) in [6, 6.07) is 8.00. The highest BCUT2D eigenvalue weighted by atomic mass is 16.7. The maximum Gasteiger partial charge on any atom is 0.183 e. The first-order valence-corrected chi connectivity index (χ1v) is 7.42. The summed E-state index contributed by atoms with van der Waals surface area (Å²) >= 11 is 0. The van der Waals surface area contributed by atoms with E-state index in [1.165, 1.54) is 0 Å². The Morgan fingerprint density at radius 2 is 1.90 bits per heavy atom. The van der Waals surface area contributed by atoms with Gasteiger partial charge in [0.15, 0.2) is 6.29 Å². The molecule has 0 bridgehead atoms. The lowest BCUT2D eigenvalue weighted by Crippen LogP contribution is -2.25. The van der Waals surface area contributed by atoms with Gasteiger partial charge in [0.1, 0.15) is 5.75 Å². The van der Waals surface area contributed by atoms with Crippen LogP contribution in [0.4, 0.5) is 0 Å². The van der Waals surface area contributed by atoms with Gasteiger partial charge in [-0.25, -0.2) is 0 Å². The van der Waals surface area contributed by atoms with E-state index in [0.717, 1.165) is 30.8 Å². The van der Waals surface area contributed by atoms with Crippen LogP contribution in [0.3, 0.4) is 0 Å². The Balaban J connectivity index is 1.84. The highest BCUT2D eigenvalue weighted by Crippen LogP contribution is 2.27. The molecule has 1 aliphatic heterocycles. The Bertz CT molecular complexity index is 403. The zero-order chi connectivity index (χ0) is 14.2. The van der Waals surface area contributed by atoms with Crippen LogP contribution in [0.2, 0.25) is 0 Å². The monoisotopic (exact) mass is 276 g/mol. The smallest absolute Gasteiger partial charge is 0.183 e. The largest absolute Gasteiger partial charge is 0.494 e. The third-order valence-corrected chi connectivity index (χ3v) is 3.31. The molecule has 3 heteroatoms. The van der Waals surface area contributed by atoms with E-state index < -0.39 is 0 Å². The summed E-state index contributed by atoms with van der Waals surface area (Å²) in [7, 11) is 0. The number of rotatable bonds is 6. The first kappa shape index (κ1) is 15.1. The summed E-state index contributed by atoms with van der Waals surface area (Å²) in [5.74, 6) is 1.28. The SMILES string of the molecule is CC=CC1COC(c2ccc(OCCCC)cc2)OC1. The van der Waals surface area contributed by atoms with Crippen LogP contribution in [0, 0.1) is 5.92 Å². The van der Waals surface area contributed by atoms with Gasteiger partial charge in [-0.1, -0.05) is 37.6 Å². The summed E-state index contributed by atoms with van der Waals surface area (Å²) in [4.78, 5) is 0. The van der Waals surface area contributed by atoms with Crippen molar-refractivity contribution in [1.82, 2.24) is 0 Å². The molecule has 0 aromatic heterocycles. The third kappa shape index (κ3) is 4.36. The molecule has 1 heterocycles. The fourth-order valence-electron chi connectivity index (χ4n) is 2.15. The number of ether oxygens (including phenoxy) is 3. The van der Waals surface area contributed by atoms with Crippen molar-refractivity contribution in [1.29, 1.82) is 0 Å². The highest BCUT2D eigenvalue weighted by molar-refractivity contribution is 5.28. The van der Waals surface area contributed by atoms with Gasteiger partial charge in [0.05, 0.1) is 19.8 Å². The second-order valence-corrected chi connectivity index (χ2v) is 5.06. The topological polar surface area (TPSA) is 27.7 Å². The van der Waals surface area contributed by atoms with Crippen LogP contribution >= 0.6 is 0 Å². The number of unbranched alkanes of at least 4 members (excludes halogenated alkanes) is 1. The number of allylic oxidation sites excluding steroid dienone is 1. The van der Waals surface area contributed by atoms with Crippen molar-refractivity contribution in [2.75, 3.05) is 19.8 Å². The van der Waals surface area contributed by atoms with Gasteiger partial charge >= 0.3 is 0 Å². The zero-order valence-corrected chi connectivity index (χ0v) is 12.4. The van der Waals surface area contributed by atoms with E-state index in [0.29, 0.717) is 19.1 Å². The van der Waals surface area contributed by atoms with Gasteiger partial charge in [-0.2, -0.15) is 0 Å². The minimum atomic E-state index is -0.249. The summed E-state index contributed by atoms with van der Waals surface area (Å²) in [6.45, 7) is 6.37. The van der Waals surface area contributed by atoms with Crippen LogP contribution in [0.1, 0.15) is 38.5 Å². The van der Waals surface area contributed by atoms with E-state index in [1.54, 1.807) is 0 Å². The minimum absolute atomic E-state index is 0.249. The van der Waals surface area contributed by atoms with Crippen molar-refractivity contribution in [3.8, 4) is 5.75 Å². The molecule has 1 fully saturated rings. The molecule has 1 saturated heterocycles. The first-order chi connectivity index (χ1) is 9.83. The van der Waals surface area contributed by atoms with Gasteiger partial charge < -0.3 is 14.2 Å². The van der Waals surface area contributed by atoms with Crippen LogP contribution in [0.25, 0.3) is 0 Å². The molecule has 1 aromatic carbocycles. The highest BCUT2D eigenvalue weighted by Gasteiger charge is 2.21. The molecule has 2 rings (SSSR count). The average molecular weight is 276 g/mol. The number of hydrogen-bond acceptors (Lipinski definition) is 3. The lowest BCUT2D eigenvalue weighted by atomic mass is 10.1. The van der Waals surface area contributed by atoms with Crippen LogP contribution in [-0.2, 0) is 9.47 Å². The molecule has 0 unspecified atom stereocenters. The van der Waals surface area contributed by atoms with Crippen molar-refractivity contribution in [3.05, 3.63) is 42.0 Å². The second kappa shape index (κ2) is 8.08. The molecule has 0 amide bonds. The van der Waals surface area contributed by atoms with Gasteiger partial charge in [-0.3, -0.25) is 0 Å². The van der Waals surface area contributed by atoms with Crippen molar-refractivity contribution in [2.24, 2.45) is 5.92 Å². The number of hydrogen-bond donors (Lipinski definition) is 0. The number of benzene rings is 1. The lowest BCUT2D eigenvalue weighted by Gasteiger charge is -2.28. The van der Waals surface area contributed by atoms with Gasteiger partial charge in [0.2, 0.25) is 0 Å². The molecule has 0 saturated carbocycles. The van der Waals surface area contributed by atoms with E-state index >= 15 is 0 Å². The van der Waals surface area contributed by atoms with Gasteiger partial charge in [-0.15, -0.1) is 0 Å². The molecule has 0 spiro atoms. The first-order valence-electron chi connectivity index (χ1n) is 7.42. The molecule has 0 aliphatic carbocycles. The molecular formula is C17H24O3. The van der Waals surface area contributed by atoms with Crippen LogP contribution in [-0.4, -0.2) is 19.8 Å². The lowest BCUT2D eigenvalue weighted by molar-refractivity contribution is -0.197. The molecule has 0 N–H and O–H groups in total. The fraction of sp³-hybridized carbons (Fsp3) is 0.529. The van der Waals surface area contributed by atoms with E-state index in [9.17, 15) is 0 Å². The predicted octanol–water partition coefficient (Wildman–Crippen LogP) is 4.10. The van der Waals surface area contributed by atoms with Gasteiger partial charge in [0, 0.05) is 11.5 Å². The molecule has 1 aliphatic rings. The van der Waals surface area contributed by atoms with Gasteiger partial charge in [-0.05, 0) is 25.5 Å². The zero-order valence-electron chi connectivity index (χ0n) is 12.4. The van der Waals surface area contributed by atoms with Crippen molar-refractivity contribution in [2.45, 2.75) is 33.0 Å². The van der Waals surface area contributed by atoms with Crippen molar-refractivity contribution < 1.29 is 14.2 Å². The van der Waals surface area contributed by atoms with Crippen LogP contribution in [0.5, 0.6) is 5.75 Å². The van der Waals surface area contributed by atoms with E-state index in [1.807, 2.05) is 37.3 Å². The molecule has 0 atom stereocenters. The summed E-state index contributed by atoms with van der Waals surface area (Å²) in [5.41, 5.74) is 1.05. The third-order valence-electron chi connectivity index (χ3n) is 3.31. The normalized spacial score (nSPS) is 23.1. The predicted molar refractivity (Wildman–Crippen MR) is 79.8 cm³/mol. The maximum absolute atomic E-state index is 5.75. The molecule has 110 valence electrons. The molecule has 20 heavy (non-hydrogen) atoms. The molecule has 3 nitrogen and oxygen atoms in total. The molecule has 1 aromatic rings. The maximum atomic E-state index is 5.75. The Labute approximate surface area is 121 Å². The summed E-state index contributed by atoms with van der Waals surface area (Å²) in [5, 5.41) is 0. The summed E-state index contributed by atoms with van der Waals surface area (Å²) < 4.78 is 17.2. The minimum Gasteiger partial charge on any atom is -0.494 e.